The van der Waals surface area contributed by atoms with Crippen LogP contribution in [0, 0.1) is 6.92 Å². The summed E-state index contributed by atoms with van der Waals surface area (Å²) in [7, 11) is 1.62. The number of methoxy groups -OCH3 is 1. The maximum absolute atomic E-state index is 12.4. The van der Waals surface area contributed by atoms with Crippen molar-refractivity contribution in [2.24, 2.45) is 0 Å². The minimum atomic E-state index is 0.00555. The number of hydrogen-bond donors (Lipinski definition) is 0. The molecule has 0 aliphatic rings. The monoisotopic (exact) mass is 408 g/mol. The molecule has 0 heterocycles. The van der Waals surface area contributed by atoms with E-state index in [0.29, 0.717) is 22.6 Å². The maximum Gasteiger partial charge on any atom is 0.193 e. The van der Waals surface area contributed by atoms with Gasteiger partial charge in [-0.3, -0.25) is 4.79 Å². The average molecular weight is 409 g/mol. The van der Waals surface area contributed by atoms with Gasteiger partial charge in [-0.15, -0.1) is 0 Å². The molecule has 0 amide bonds. The summed E-state index contributed by atoms with van der Waals surface area (Å²) in [4.78, 5) is 12.4. The molecule has 0 unspecified atom stereocenters. The van der Waals surface area contributed by atoms with Crippen LogP contribution in [0.15, 0.2) is 72.8 Å². The molecule has 3 nitrogen and oxygen atoms in total. The molecule has 0 saturated heterocycles. The Bertz CT molecular complexity index is 817. The molecule has 0 aromatic heterocycles. The summed E-state index contributed by atoms with van der Waals surface area (Å²) in [5.41, 5.74) is 2.46. The van der Waals surface area contributed by atoms with Gasteiger partial charge in [-0.25, -0.2) is 0 Å². The fourth-order valence-electron chi connectivity index (χ4n) is 2.33. The van der Waals surface area contributed by atoms with E-state index in [2.05, 4.69) is 0 Å². The third kappa shape index (κ3) is 8.52. The van der Waals surface area contributed by atoms with Crippen molar-refractivity contribution in [3.8, 4) is 17.2 Å². The molecule has 0 fully saturated rings. The summed E-state index contributed by atoms with van der Waals surface area (Å²) in [6.07, 6.45) is 0. The zero-order valence-corrected chi connectivity index (χ0v) is 19.7. The highest BCUT2D eigenvalue weighted by atomic mass is 16.5. The van der Waals surface area contributed by atoms with Crippen molar-refractivity contribution in [1.29, 1.82) is 0 Å². The van der Waals surface area contributed by atoms with E-state index in [1.165, 1.54) is 0 Å². The van der Waals surface area contributed by atoms with Crippen LogP contribution in [0.2, 0.25) is 0 Å². The number of hydrogen-bond acceptors (Lipinski definition) is 3. The molecule has 0 saturated carbocycles. The first kappa shape index (κ1) is 26.9. The van der Waals surface area contributed by atoms with Gasteiger partial charge < -0.3 is 9.47 Å². The van der Waals surface area contributed by atoms with Crippen molar-refractivity contribution in [2.75, 3.05) is 7.11 Å². The van der Waals surface area contributed by atoms with E-state index in [0.717, 1.165) is 11.3 Å². The van der Waals surface area contributed by atoms with Gasteiger partial charge in [0, 0.05) is 11.1 Å². The number of benzene rings is 3. The second-order valence-electron chi connectivity index (χ2n) is 5.50. The first-order valence-electron chi connectivity index (χ1n) is 10.7. The SMILES string of the molecule is CC.CC.CC.COc1ccc(Oc2ccc(C(=O)c3ccc(C)cc3)cc2)cc1. The molecule has 0 atom stereocenters. The van der Waals surface area contributed by atoms with Gasteiger partial charge in [-0.1, -0.05) is 71.4 Å². The standard InChI is InChI=1S/C21H18O3.3C2H6/c1-15-3-5-16(6-4-15)21(22)17-7-9-19(10-8-17)24-20-13-11-18(23-2)12-14-20;3*1-2/h3-14H,1-2H3;3*1-2H3. The van der Waals surface area contributed by atoms with Crippen LogP contribution >= 0.6 is 0 Å². The minimum absolute atomic E-state index is 0.00555. The summed E-state index contributed by atoms with van der Waals surface area (Å²) < 4.78 is 10.9. The molecular weight excluding hydrogens is 372 g/mol. The Morgan fingerprint density at radius 3 is 1.30 bits per heavy atom. The van der Waals surface area contributed by atoms with Crippen LogP contribution < -0.4 is 9.47 Å². The van der Waals surface area contributed by atoms with Crippen molar-refractivity contribution in [3.63, 3.8) is 0 Å². The van der Waals surface area contributed by atoms with Crippen molar-refractivity contribution in [1.82, 2.24) is 0 Å². The number of ketones is 1. The summed E-state index contributed by atoms with van der Waals surface area (Å²) in [6.45, 7) is 14.0. The maximum atomic E-state index is 12.4. The average Bonchev–Trinajstić information content (AvgIpc) is 2.84. The Morgan fingerprint density at radius 2 is 0.900 bits per heavy atom. The lowest BCUT2D eigenvalue weighted by molar-refractivity contribution is 0.103. The number of carbonyl (C=O) groups is 1. The number of rotatable bonds is 5. The van der Waals surface area contributed by atoms with E-state index in [-0.39, 0.29) is 5.78 Å². The molecular formula is C27H36O3. The third-order valence-electron chi connectivity index (χ3n) is 3.73. The van der Waals surface area contributed by atoms with E-state index in [1.807, 2.05) is 97.0 Å². The van der Waals surface area contributed by atoms with Crippen molar-refractivity contribution in [3.05, 3.63) is 89.5 Å². The zero-order chi connectivity index (χ0) is 22.9. The van der Waals surface area contributed by atoms with Crippen LogP contribution in [0.25, 0.3) is 0 Å². The highest BCUT2D eigenvalue weighted by molar-refractivity contribution is 6.09. The second kappa shape index (κ2) is 15.8. The highest BCUT2D eigenvalue weighted by Crippen LogP contribution is 2.24. The Kier molecular flexibility index (Phi) is 14.2. The van der Waals surface area contributed by atoms with Gasteiger partial charge in [0.15, 0.2) is 5.78 Å². The molecule has 0 aliphatic heterocycles. The highest BCUT2D eigenvalue weighted by Gasteiger charge is 2.09. The predicted octanol–water partition coefficient (Wildman–Crippen LogP) is 8.11. The van der Waals surface area contributed by atoms with Gasteiger partial charge in [-0.05, 0) is 55.5 Å². The molecule has 0 spiro atoms. The number of carbonyl (C=O) groups excluding carboxylic acids is 1. The van der Waals surface area contributed by atoms with Crippen molar-refractivity contribution >= 4 is 5.78 Å². The van der Waals surface area contributed by atoms with Crippen LogP contribution in [0.1, 0.15) is 63.0 Å². The third-order valence-corrected chi connectivity index (χ3v) is 3.73. The van der Waals surface area contributed by atoms with Crippen molar-refractivity contribution in [2.45, 2.75) is 48.5 Å². The smallest absolute Gasteiger partial charge is 0.193 e. The largest absolute Gasteiger partial charge is 0.497 e. The van der Waals surface area contributed by atoms with E-state index >= 15 is 0 Å². The van der Waals surface area contributed by atoms with E-state index in [4.69, 9.17) is 9.47 Å². The summed E-state index contributed by atoms with van der Waals surface area (Å²) in [5, 5.41) is 0. The first-order valence-corrected chi connectivity index (χ1v) is 10.7. The first-order chi connectivity index (χ1) is 14.7. The Morgan fingerprint density at radius 1 is 0.567 bits per heavy atom. The van der Waals surface area contributed by atoms with Gasteiger partial charge in [0.1, 0.15) is 17.2 Å². The zero-order valence-electron chi connectivity index (χ0n) is 19.7. The quantitative estimate of drug-likeness (QED) is 0.400. The Hall–Kier alpha value is -3.07. The lowest BCUT2D eigenvalue weighted by atomic mass is 10.0. The number of aryl methyl sites for hydroxylation is 1. The van der Waals surface area contributed by atoms with E-state index < -0.39 is 0 Å². The molecule has 0 radical (unpaired) electrons. The Labute approximate surface area is 182 Å². The van der Waals surface area contributed by atoms with Crippen molar-refractivity contribution < 1.29 is 14.3 Å². The van der Waals surface area contributed by atoms with E-state index in [9.17, 15) is 4.79 Å². The molecule has 0 bridgehead atoms. The molecule has 30 heavy (non-hydrogen) atoms. The minimum Gasteiger partial charge on any atom is -0.497 e. The van der Waals surface area contributed by atoms with Crippen LogP contribution in [-0.2, 0) is 0 Å². The predicted molar refractivity (Wildman–Crippen MR) is 128 cm³/mol. The normalized spacial score (nSPS) is 8.80. The molecule has 0 N–H and O–H groups in total. The van der Waals surface area contributed by atoms with Crippen LogP contribution in [-0.4, -0.2) is 12.9 Å². The van der Waals surface area contributed by atoms with Crippen LogP contribution in [0.5, 0.6) is 17.2 Å². The molecule has 3 rings (SSSR count). The number of ether oxygens (including phenoxy) is 2. The fourth-order valence-corrected chi connectivity index (χ4v) is 2.33. The summed E-state index contributed by atoms with van der Waals surface area (Å²) in [6, 6.07) is 22.1. The molecule has 3 heteroatoms. The molecule has 3 aromatic carbocycles. The fraction of sp³-hybridized carbons (Fsp3) is 0.296. The molecule has 162 valence electrons. The summed E-state index contributed by atoms with van der Waals surface area (Å²) in [5.74, 6) is 2.18. The van der Waals surface area contributed by atoms with Gasteiger partial charge in [0.05, 0.1) is 7.11 Å². The van der Waals surface area contributed by atoms with E-state index in [1.54, 1.807) is 31.4 Å². The van der Waals surface area contributed by atoms with Crippen LogP contribution in [0.4, 0.5) is 0 Å². The van der Waals surface area contributed by atoms with Gasteiger partial charge in [0.2, 0.25) is 0 Å². The summed E-state index contributed by atoms with van der Waals surface area (Å²) >= 11 is 0. The Balaban J connectivity index is 0.00000129. The van der Waals surface area contributed by atoms with Gasteiger partial charge in [0.25, 0.3) is 0 Å². The van der Waals surface area contributed by atoms with Crippen LogP contribution in [0.3, 0.4) is 0 Å². The topological polar surface area (TPSA) is 35.5 Å². The lowest BCUT2D eigenvalue weighted by Crippen LogP contribution is -2.00. The van der Waals surface area contributed by atoms with Gasteiger partial charge >= 0.3 is 0 Å². The lowest BCUT2D eigenvalue weighted by Gasteiger charge is -2.07. The molecule has 0 aliphatic carbocycles. The molecule has 3 aromatic rings. The van der Waals surface area contributed by atoms with Gasteiger partial charge in [-0.2, -0.15) is 0 Å². The second-order valence-corrected chi connectivity index (χ2v) is 5.50.